The summed E-state index contributed by atoms with van der Waals surface area (Å²) in [5.41, 5.74) is 4.19. The maximum Gasteiger partial charge on any atom is 0.255 e. The zero-order valence-electron chi connectivity index (χ0n) is 13.7. The lowest BCUT2D eigenvalue weighted by Crippen LogP contribution is -2.13. The van der Waals surface area contributed by atoms with Crippen LogP contribution < -0.4 is 10.6 Å². The van der Waals surface area contributed by atoms with Crippen LogP contribution in [0.1, 0.15) is 47.2 Å². The first-order valence-electron chi connectivity index (χ1n) is 8.69. The number of hydrogen-bond acceptors (Lipinski definition) is 3. The van der Waals surface area contributed by atoms with Crippen molar-refractivity contribution in [3.8, 4) is 0 Å². The van der Waals surface area contributed by atoms with Gasteiger partial charge in [0.05, 0.1) is 5.69 Å². The summed E-state index contributed by atoms with van der Waals surface area (Å²) in [5.74, 6) is -0.0239. The average molecular weight is 338 g/mol. The van der Waals surface area contributed by atoms with Crippen LogP contribution in [0.2, 0.25) is 0 Å². The summed E-state index contributed by atoms with van der Waals surface area (Å²) in [6.07, 6.45) is 5.22. The molecule has 1 heterocycles. The number of nitrogens with one attached hydrogen (secondary N) is 2. The third-order valence-electron chi connectivity index (χ3n) is 4.83. The second-order valence-corrected chi connectivity index (χ2v) is 7.90. The third kappa shape index (κ3) is 3.35. The molecule has 2 N–H and O–H groups in total. The number of para-hydroxylation sites is 1. The zero-order chi connectivity index (χ0) is 16.4. The smallest absolute Gasteiger partial charge is 0.255 e. The maximum atomic E-state index is 12.7. The van der Waals surface area contributed by atoms with Gasteiger partial charge in [-0.2, -0.15) is 0 Å². The summed E-state index contributed by atoms with van der Waals surface area (Å²) in [6.45, 7) is 1.75. The number of fused-ring (bicyclic) bond motifs is 1. The fourth-order valence-electron chi connectivity index (χ4n) is 3.49. The van der Waals surface area contributed by atoms with Crippen LogP contribution >= 0.6 is 11.8 Å². The summed E-state index contributed by atoms with van der Waals surface area (Å²) in [5, 5.41) is 7.12. The number of carbonyl (C=O) groups is 1. The largest absolute Gasteiger partial charge is 0.321 e. The minimum Gasteiger partial charge on any atom is -0.321 e. The lowest BCUT2D eigenvalue weighted by molar-refractivity contribution is 0.102. The summed E-state index contributed by atoms with van der Waals surface area (Å²) in [6, 6.07) is 14.2. The van der Waals surface area contributed by atoms with Crippen molar-refractivity contribution in [2.24, 2.45) is 0 Å². The Labute approximate surface area is 147 Å². The molecule has 1 aliphatic carbocycles. The molecular weight excluding hydrogens is 316 g/mol. The number of amides is 1. The van der Waals surface area contributed by atoms with Gasteiger partial charge in [0.15, 0.2) is 0 Å². The molecule has 1 fully saturated rings. The van der Waals surface area contributed by atoms with Gasteiger partial charge in [-0.3, -0.25) is 4.79 Å². The molecule has 0 bridgehead atoms. The normalized spacial score (nSPS) is 17.0. The van der Waals surface area contributed by atoms with Gasteiger partial charge < -0.3 is 10.6 Å². The fraction of sp³-hybridized carbons (Fsp3) is 0.350. The monoisotopic (exact) mass is 338 g/mol. The van der Waals surface area contributed by atoms with Crippen LogP contribution in [0.4, 0.5) is 5.69 Å². The van der Waals surface area contributed by atoms with Crippen molar-refractivity contribution in [3.05, 3.63) is 59.2 Å². The molecule has 0 aromatic heterocycles. The quantitative estimate of drug-likeness (QED) is 0.857. The van der Waals surface area contributed by atoms with E-state index in [-0.39, 0.29) is 5.91 Å². The summed E-state index contributed by atoms with van der Waals surface area (Å²) in [7, 11) is 0. The molecule has 0 saturated heterocycles. The minimum absolute atomic E-state index is 0.0239. The van der Waals surface area contributed by atoms with Gasteiger partial charge in [0, 0.05) is 28.8 Å². The van der Waals surface area contributed by atoms with Crippen molar-refractivity contribution in [1.29, 1.82) is 0 Å². The molecule has 24 heavy (non-hydrogen) atoms. The number of thioether (sulfide) groups is 1. The Kier molecular flexibility index (Phi) is 4.58. The van der Waals surface area contributed by atoms with E-state index in [2.05, 4.69) is 22.8 Å². The Bertz CT molecular complexity index is 753. The highest BCUT2D eigenvalue weighted by molar-refractivity contribution is 8.00. The van der Waals surface area contributed by atoms with E-state index in [4.69, 9.17) is 0 Å². The molecular formula is C20H22N2OS. The molecule has 0 radical (unpaired) electrons. The van der Waals surface area contributed by atoms with Crippen molar-refractivity contribution in [2.75, 3.05) is 5.32 Å². The molecule has 1 amide bonds. The molecule has 2 aromatic rings. The maximum absolute atomic E-state index is 12.7. The second-order valence-electron chi connectivity index (χ2n) is 6.56. The van der Waals surface area contributed by atoms with Gasteiger partial charge in [0.25, 0.3) is 5.91 Å². The SMILES string of the molecule is O=C(Nc1ccccc1SC1CCCC1)c1ccc2c(c1)CNC2. The van der Waals surface area contributed by atoms with Gasteiger partial charge in [-0.25, -0.2) is 0 Å². The van der Waals surface area contributed by atoms with E-state index in [0.717, 1.165) is 24.3 Å². The van der Waals surface area contributed by atoms with Crippen LogP contribution in [0.3, 0.4) is 0 Å². The van der Waals surface area contributed by atoms with Gasteiger partial charge in [-0.1, -0.05) is 31.0 Å². The third-order valence-corrected chi connectivity index (χ3v) is 6.25. The summed E-state index contributed by atoms with van der Waals surface area (Å²) in [4.78, 5) is 13.8. The first-order chi connectivity index (χ1) is 11.8. The van der Waals surface area contributed by atoms with E-state index in [0.29, 0.717) is 5.25 Å². The Balaban J connectivity index is 1.51. The predicted molar refractivity (Wildman–Crippen MR) is 99.5 cm³/mol. The topological polar surface area (TPSA) is 41.1 Å². The Morgan fingerprint density at radius 3 is 2.71 bits per heavy atom. The van der Waals surface area contributed by atoms with Crippen LogP contribution in [-0.4, -0.2) is 11.2 Å². The van der Waals surface area contributed by atoms with Crippen LogP contribution in [0.5, 0.6) is 0 Å². The fourth-order valence-corrected chi connectivity index (χ4v) is 4.82. The summed E-state index contributed by atoms with van der Waals surface area (Å²) < 4.78 is 0. The first-order valence-corrected chi connectivity index (χ1v) is 9.57. The van der Waals surface area contributed by atoms with Crippen LogP contribution in [0.25, 0.3) is 0 Å². The van der Waals surface area contributed by atoms with Crippen LogP contribution in [0.15, 0.2) is 47.4 Å². The first kappa shape index (κ1) is 15.7. The molecule has 3 nitrogen and oxygen atoms in total. The minimum atomic E-state index is -0.0239. The highest BCUT2D eigenvalue weighted by Gasteiger charge is 2.19. The molecule has 2 aromatic carbocycles. The standard InChI is InChI=1S/C20H22N2OS/c23-20(14-9-10-15-12-21-13-16(15)11-14)22-18-7-3-4-8-19(18)24-17-5-1-2-6-17/h3-4,7-11,17,21H,1-2,5-6,12-13H2,(H,22,23). The number of anilines is 1. The van der Waals surface area contributed by atoms with Gasteiger partial charge in [-0.15, -0.1) is 11.8 Å². The number of hydrogen-bond donors (Lipinski definition) is 2. The van der Waals surface area contributed by atoms with Crippen molar-refractivity contribution in [3.63, 3.8) is 0 Å². The Morgan fingerprint density at radius 2 is 1.83 bits per heavy atom. The predicted octanol–water partition coefficient (Wildman–Crippen LogP) is 4.58. The van der Waals surface area contributed by atoms with Gasteiger partial charge in [0.1, 0.15) is 0 Å². The van der Waals surface area contributed by atoms with E-state index >= 15 is 0 Å². The zero-order valence-corrected chi connectivity index (χ0v) is 14.5. The molecule has 0 atom stereocenters. The average Bonchev–Trinajstić information content (AvgIpc) is 3.27. The Hall–Kier alpha value is -1.78. The molecule has 1 aliphatic heterocycles. The lowest BCUT2D eigenvalue weighted by Gasteiger charge is -2.14. The number of benzene rings is 2. The molecule has 0 unspecified atom stereocenters. The number of rotatable bonds is 4. The highest BCUT2D eigenvalue weighted by Crippen LogP contribution is 2.38. The van der Waals surface area contributed by atoms with E-state index in [1.807, 2.05) is 42.1 Å². The van der Waals surface area contributed by atoms with Crippen molar-refractivity contribution in [1.82, 2.24) is 5.32 Å². The molecule has 2 aliphatic rings. The van der Waals surface area contributed by atoms with Crippen molar-refractivity contribution >= 4 is 23.4 Å². The molecule has 124 valence electrons. The lowest BCUT2D eigenvalue weighted by atomic mass is 10.1. The number of carbonyl (C=O) groups excluding carboxylic acids is 1. The summed E-state index contributed by atoms with van der Waals surface area (Å²) >= 11 is 1.91. The van der Waals surface area contributed by atoms with E-state index in [1.165, 1.54) is 41.7 Å². The molecule has 1 saturated carbocycles. The highest BCUT2D eigenvalue weighted by atomic mass is 32.2. The van der Waals surface area contributed by atoms with E-state index in [1.54, 1.807) is 0 Å². The van der Waals surface area contributed by atoms with Crippen molar-refractivity contribution in [2.45, 2.75) is 48.9 Å². The van der Waals surface area contributed by atoms with E-state index < -0.39 is 0 Å². The molecule has 0 spiro atoms. The van der Waals surface area contributed by atoms with Crippen LogP contribution in [-0.2, 0) is 13.1 Å². The van der Waals surface area contributed by atoms with Crippen molar-refractivity contribution < 1.29 is 4.79 Å². The molecule has 4 heteroatoms. The van der Waals surface area contributed by atoms with Gasteiger partial charge in [0.2, 0.25) is 0 Å². The molecule has 4 rings (SSSR count). The Morgan fingerprint density at radius 1 is 1.04 bits per heavy atom. The van der Waals surface area contributed by atoms with Gasteiger partial charge >= 0.3 is 0 Å². The van der Waals surface area contributed by atoms with Gasteiger partial charge in [-0.05, 0) is 48.2 Å². The van der Waals surface area contributed by atoms with Crippen LogP contribution in [0, 0.1) is 0 Å². The van der Waals surface area contributed by atoms with E-state index in [9.17, 15) is 4.79 Å². The second kappa shape index (κ2) is 6.99.